The van der Waals surface area contributed by atoms with Crippen molar-refractivity contribution in [1.82, 2.24) is 15.6 Å². The normalized spacial score (nSPS) is 11.5. The van der Waals surface area contributed by atoms with E-state index in [0.717, 1.165) is 31.0 Å². The molecule has 0 aromatic carbocycles. The first-order valence-corrected chi connectivity index (χ1v) is 8.34. The van der Waals surface area contributed by atoms with Crippen molar-refractivity contribution in [3.05, 3.63) is 29.0 Å². The molecule has 0 amide bonds. The van der Waals surface area contributed by atoms with Crippen molar-refractivity contribution >= 4 is 17.6 Å². The number of pyridine rings is 1. The van der Waals surface area contributed by atoms with E-state index in [-0.39, 0.29) is 0 Å². The first kappa shape index (κ1) is 19.7. The molecule has 0 unspecified atom stereocenters. The Morgan fingerprint density at radius 1 is 1.17 bits per heavy atom. The van der Waals surface area contributed by atoms with Gasteiger partial charge in [-0.1, -0.05) is 31.0 Å². The number of nitrogens with one attached hydrogen (secondary N) is 2. The van der Waals surface area contributed by atoms with Gasteiger partial charge < -0.3 is 20.1 Å². The van der Waals surface area contributed by atoms with Crippen molar-refractivity contribution in [2.75, 3.05) is 40.0 Å². The van der Waals surface area contributed by atoms with Crippen LogP contribution in [0.25, 0.3) is 0 Å². The van der Waals surface area contributed by atoms with E-state index in [4.69, 9.17) is 21.1 Å². The van der Waals surface area contributed by atoms with Crippen LogP contribution in [0.15, 0.2) is 23.3 Å². The molecule has 1 rings (SSSR count). The first-order chi connectivity index (χ1) is 11.3. The summed E-state index contributed by atoms with van der Waals surface area (Å²) in [4.78, 5) is 8.19. The van der Waals surface area contributed by atoms with Gasteiger partial charge in [-0.25, -0.2) is 4.98 Å². The lowest BCUT2D eigenvalue weighted by Crippen LogP contribution is -2.38. The Bertz CT molecular complexity index is 440. The van der Waals surface area contributed by atoms with E-state index >= 15 is 0 Å². The highest BCUT2D eigenvalue weighted by Gasteiger charge is 1.99. The average Bonchev–Trinajstić information content (AvgIpc) is 2.57. The summed E-state index contributed by atoms with van der Waals surface area (Å²) in [5, 5.41) is 6.89. The molecule has 7 heteroatoms. The molecule has 130 valence electrons. The third-order valence-electron chi connectivity index (χ3n) is 3.03. The van der Waals surface area contributed by atoms with Gasteiger partial charge >= 0.3 is 0 Å². The third-order valence-corrected chi connectivity index (χ3v) is 3.25. The quantitative estimate of drug-likeness (QED) is 0.279. The zero-order chi connectivity index (χ0) is 16.8. The zero-order valence-corrected chi connectivity index (χ0v) is 14.7. The summed E-state index contributed by atoms with van der Waals surface area (Å²) in [6.45, 7) is 6.17. The fraction of sp³-hybridized carbons (Fsp3) is 0.625. The molecule has 0 bridgehead atoms. The van der Waals surface area contributed by atoms with Crippen LogP contribution in [0.5, 0.6) is 0 Å². The van der Waals surface area contributed by atoms with Crippen LogP contribution in [-0.4, -0.2) is 51.0 Å². The number of ether oxygens (including phenoxy) is 2. The molecule has 0 spiro atoms. The van der Waals surface area contributed by atoms with Crippen LogP contribution in [0.4, 0.5) is 0 Å². The monoisotopic (exact) mass is 342 g/mol. The Morgan fingerprint density at radius 2 is 1.96 bits per heavy atom. The summed E-state index contributed by atoms with van der Waals surface area (Å²) >= 11 is 5.76. The maximum atomic E-state index is 5.76. The minimum Gasteiger partial charge on any atom is -0.379 e. The number of guanidine groups is 1. The maximum absolute atomic E-state index is 5.76. The van der Waals surface area contributed by atoms with Crippen molar-refractivity contribution in [3.8, 4) is 0 Å². The van der Waals surface area contributed by atoms with Crippen molar-refractivity contribution in [1.29, 1.82) is 0 Å². The van der Waals surface area contributed by atoms with E-state index in [1.165, 1.54) is 0 Å². The molecular weight excluding hydrogens is 316 g/mol. The summed E-state index contributed by atoms with van der Waals surface area (Å²) in [7, 11) is 1.73. The second-order valence-electron chi connectivity index (χ2n) is 4.92. The average molecular weight is 343 g/mol. The molecule has 0 aliphatic rings. The Morgan fingerprint density at radius 3 is 2.61 bits per heavy atom. The molecule has 0 saturated heterocycles. The van der Waals surface area contributed by atoms with Crippen LogP contribution in [0.1, 0.15) is 25.3 Å². The number of halogens is 1. The predicted molar refractivity (Wildman–Crippen MR) is 94.0 cm³/mol. The molecular formula is C16H27ClN4O2. The van der Waals surface area contributed by atoms with Gasteiger partial charge in [-0.15, -0.1) is 0 Å². The Balaban J connectivity index is 2.04. The third kappa shape index (κ3) is 10.1. The van der Waals surface area contributed by atoms with E-state index < -0.39 is 0 Å². The molecule has 0 fully saturated rings. The largest absolute Gasteiger partial charge is 0.379 e. The lowest BCUT2D eigenvalue weighted by atomic mass is 10.3. The Kier molecular flexibility index (Phi) is 11.2. The molecule has 0 saturated carbocycles. The summed E-state index contributed by atoms with van der Waals surface area (Å²) in [6, 6.07) is 3.70. The van der Waals surface area contributed by atoms with Crippen LogP contribution in [0, 0.1) is 0 Å². The number of aliphatic imine (C=N–C) groups is 1. The first-order valence-electron chi connectivity index (χ1n) is 7.96. The van der Waals surface area contributed by atoms with E-state index in [2.05, 4.69) is 27.5 Å². The van der Waals surface area contributed by atoms with E-state index in [1.54, 1.807) is 19.3 Å². The Labute approximate surface area is 143 Å². The number of rotatable bonds is 11. The number of unbranched alkanes of at least 4 members (excludes halogenated alkanes) is 1. The topological polar surface area (TPSA) is 67.8 Å². The van der Waals surface area contributed by atoms with E-state index in [0.29, 0.717) is 38.1 Å². The Hall–Kier alpha value is -1.37. The van der Waals surface area contributed by atoms with Gasteiger partial charge in [0.2, 0.25) is 0 Å². The van der Waals surface area contributed by atoms with Crippen molar-refractivity contribution in [2.45, 2.75) is 26.3 Å². The van der Waals surface area contributed by atoms with Gasteiger partial charge in [0, 0.05) is 32.9 Å². The van der Waals surface area contributed by atoms with Gasteiger partial charge in [0.15, 0.2) is 5.96 Å². The fourth-order valence-electron chi connectivity index (χ4n) is 1.73. The molecule has 0 radical (unpaired) electrons. The highest BCUT2D eigenvalue weighted by Crippen LogP contribution is 2.04. The van der Waals surface area contributed by atoms with Gasteiger partial charge in [-0.05, 0) is 18.1 Å². The van der Waals surface area contributed by atoms with Gasteiger partial charge in [0.25, 0.3) is 0 Å². The minimum atomic E-state index is 0.493. The van der Waals surface area contributed by atoms with E-state index in [9.17, 15) is 0 Å². The summed E-state index contributed by atoms with van der Waals surface area (Å²) in [6.07, 6.45) is 4.00. The van der Waals surface area contributed by atoms with Crippen LogP contribution in [-0.2, 0) is 16.0 Å². The van der Waals surface area contributed by atoms with E-state index in [1.807, 2.05) is 6.07 Å². The number of nitrogens with zero attached hydrogens (tertiary/aromatic N) is 2. The van der Waals surface area contributed by atoms with Gasteiger partial charge in [-0.2, -0.15) is 0 Å². The molecule has 0 aliphatic heterocycles. The zero-order valence-electron chi connectivity index (χ0n) is 14.0. The number of hydrogen-bond donors (Lipinski definition) is 2. The van der Waals surface area contributed by atoms with Crippen LogP contribution >= 0.6 is 11.6 Å². The second kappa shape index (κ2) is 13.1. The lowest BCUT2D eigenvalue weighted by molar-refractivity contribution is 0.0487. The highest BCUT2D eigenvalue weighted by atomic mass is 35.5. The number of hydrogen-bond acceptors (Lipinski definition) is 4. The van der Waals surface area contributed by atoms with Gasteiger partial charge in [0.1, 0.15) is 5.15 Å². The SMILES string of the molecule is CCCCOCCOCCNC(=NC)NCc1ccc(Cl)nc1. The number of aromatic nitrogens is 1. The van der Waals surface area contributed by atoms with Crippen LogP contribution < -0.4 is 10.6 Å². The molecule has 0 atom stereocenters. The molecule has 1 aromatic heterocycles. The van der Waals surface area contributed by atoms with Crippen molar-refractivity contribution in [3.63, 3.8) is 0 Å². The van der Waals surface area contributed by atoms with Gasteiger partial charge in [-0.3, -0.25) is 4.99 Å². The molecule has 23 heavy (non-hydrogen) atoms. The van der Waals surface area contributed by atoms with Crippen LogP contribution in [0.2, 0.25) is 5.15 Å². The lowest BCUT2D eigenvalue weighted by Gasteiger charge is -2.12. The highest BCUT2D eigenvalue weighted by molar-refractivity contribution is 6.29. The maximum Gasteiger partial charge on any atom is 0.191 e. The van der Waals surface area contributed by atoms with Crippen LogP contribution in [0.3, 0.4) is 0 Å². The second-order valence-corrected chi connectivity index (χ2v) is 5.31. The van der Waals surface area contributed by atoms with Crippen molar-refractivity contribution < 1.29 is 9.47 Å². The molecule has 6 nitrogen and oxygen atoms in total. The predicted octanol–water partition coefficient (Wildman–Crippen LogP) is 2.23. The summed E-state index contributed by atoms with van der Waals surface area (Å²) < 4.78 is 10.9. The summed E-state index contributed by atoms with van der Waals surface area (Å²) in [5.41, 5.74) is 1.04. The minimum absolute atomic E-state index is 0.493. The van der Waals surface area contributed by atoms with Gasteiger partial charge in [0.05, 0.1) is 19.8 Å². The smallest absolute Gasteiger partial charge is 0.191 e. The van der Waals surface area contributed by atoms with Crippen molar-refractivity contribution in [2.24, 2.45) is 4.99 Å². The standard InChI is InChI=1S/C16H27ClN4O2/c1-3-4-8-22-10-11-23-9-7-19-16(18-2)21-13-14-5-6-15(17)20-12-14/h5-6,12H,3-4,7-11,13H2,1-2H3,(H2,18,19,21). The molecule has 0 aliphatic carbocycles. The molecule has 1 heterocycles. The molecule has 2 N–H and O–H groups in total. The molecule has 1 aromatic rings. The summed E-state index contributed by atoms with van der Waals surface area (Å²) in [5.74, 6) is 0.725. The fourth-order valence-corrected chi connectivity index (χ4v) is 1.84.